The third kappa shape index (κ3) is 2.90. The van der Waals surface area contributed by atoms with E-state index in [-0.39, 0.29) is 5.78 Å². The van der Waals surface area contributed by atoms with E-state index in [0.29, 0.717) is 12.3 Å². The molecule has 124 valence electrons. The molecule has 0 radical (unpaired) electrons. The van der Waals surface area contributed by atoms with E-state index in [4.69, 9.17) is 0 Å². The summed E-state index contributed by atoms with van der Waals surface area (Å²) in [6.45, 7) is 1.95. The molecule has 0 bridgehead atoms. The predicted octanol–water partition coefficient (Wildman–Crippen LogP) is 3.52. The van der Waals surface area contributed by atoms with Crippen molar-refractivity contribution in [3.63, 3.8) is 0 Å². The van der Waals surface area contributed by atoms with Gasteiger partial charge in [0.2, 0.25) is 0 Å². The number of aliphatic hydroxyl groups is 1. The van der Waals surface area contributed by atoms with Crippen LogP contribution in [0.3, 0.4) is 0 Å². The number of hydrogen-bond acceptors (Lipinski definition) is 3. The van der Waals surface area contributed by atoms with Gasteiger partial charge in [-0.2, -0.15) is 0 Å². The Kier molecular flexibility index (Phi) is 4.21. The van der Waals surface area contributed by atoms with Gasteiger partial charge in [-0.3, -0.25) is 4.79 Å². The number of rotatable bonds is 3. The molecule has 1 saturated heterocycles. The Morgan fingerprint density at radius 1 is 1.04 bits per heavy atom. The summed E-state index contributed by atoms with van der Waals surface area (Å²) in [5.41, 5.74) is 5.31. The highest BCUT2D eigenvalue weighted by molar-refractivity contribution is 6.00. The molecule has 2 atom stereocenters. The molecule has 2 aromatic carbocycles. The third-order valence-corrected chi connectivity index (χ3v) is 5.39. The fourth-order valence-corrected chi connectivity index (χ4v) is 3.93. The molecule has 2 aromatic rings. The highest BCUT2D eigenvalue weighted by Crippen LogP contribution is 2.31. The Morgan fingerprint density at radius 3 is 2.58 bits per heavy atom. The summed E-state index contributed by atoms with van der Waals surface area (Å²) in [4.78, 5) is 11.8. The van der Waals surface area contributed by atoms with Gasteiger partial charge in [-0.1, -0.05) is 42.5 Å². The number of nitrogens with one attached hydrogen (secondary N) is 1. The zero-order valence-corrected chi connectivity index (χ0v) is 13.8. The number of piperidine rings is 1. The first-order valence-electron chi connectivity index (χ1n) is 8.87. The van der Waals surface area contributed by atoms with Crippen molar-refractivity contribution in [3.05, 3.63) is 59.2 Å². The van der Waals surface area contributed by atoms with Crippen LogP contribution in [0.25, 0.3) is 11.1 Å². The number of hydrogen-bond donors (Lipinski definition) is 2. The molecule has 1 fully saturated rings. The first-order chi connectivity index (χ1) is 11.7. The molecule has 1 aliphatic heterocycles. The zero-order valence-electron chi connectivity index (χ0n) is 13.8. The van der Waals surface area contributed by atoms with Crippen molar-refractivity contribution in [2.24, 2.45) is 5.92 Å². The van der Waals surface area contributed by atoms with Gasteiger partial charge in [0, 0.05) is 24.4 Å². The molecule has 2 aliphatic rings. The maximum atomic E-state index is 11.8. The summed E-state index contributed by atoms with van der Waals surface area (Å²) in [6, 6.07) is 14.3. The summed E-state index contributed by atoms with van der Waals surface area (Å²) in [5, 5.41) is 13.9. The Morgan fingerprint density at radius 2 is 1.83 bits per heavy atom. The summed E-state index contributed by atoms with van der Waals surface area (Å²) in [6.07, 6.45) is 3.31. The van der Waals surface area contributed by atoms with E-state index in [1.165, 1.54) is 0 Å². The minimum absolute atomic E-state index is 0.260. The molecule has 0 aromatic heterocycles. The Balaban J connectivity index is 1.54. The Bertz CT molecular complexity index is 745. The SMILES string of the molecule is O=C1CCc2cc(-c3ccc(C(O)C4CCCNC4)cc3)ccc21. The maximum absolute atomic E-state index is 11.8. The van der Waals surface area contributed by atoms with Crippen LogP contribution in [0.2, 0.25) is 0 Å². The fraction of sp³-hybridized carbons (Fsp3) is 0.381. The number of fused-ring (bicyclic) bond motifs is 1. The van der Waals surface area contributed by atoms with Gasteiger partial charge in [0.1, 0.15) is 0 Å². The summed E-state index contributed by atoms with van der Waals surface area (Å²) < 4.78 is 0. The predicted molar refractivity (Wildman–Crippen MR) is 95.1 cm³/mol. The van der Waals surface area contributed by atoms with Gasteiger partial charge >= 0.3 is 0 Å². The van der Waals surface area contributed by atoms with Crippen LogP contribution in [0.15, 0.2) is 42.5 Å². The van der Waals surface area contributed by atoms with Crippen molar-refractivity contribution in [2.75, 3.05) is 13.1 Å². The summed E-state index contributed by atoms with van der Waals surface area (Å²) in [5.74, 6) is 0.562. The number of carbonyl (C=O) groups is 1. The second-order valence-corrected chi connectivity index (χ2v) is 6.97. The standard InChI is InChI=1S/C21H23NO2/c23-20-10-8-17-12-16(7-9-19(17)20)14-3-5-15(6-4-14)21(24)18-2-1-11-22-13-18/h3-7,9,12,18,21-22,24H,1-2,8,10-11,13H2. The van der Waals surface area contributed by atoms with Crippen molar-refractivity contribution >= 4 is 5.78 Å². The van der Waals surface area contributed by atoms with Gasteiger partial charge in [0.05, 0.1) is 6.10 Å². The molecular weight excluding hydrogens is 298 g/mol. The van der Waals surface area contributed by atoms with E-state index in [1.54, 1.807) is 0 Å². The molecule has 0 amide bonds. The van der Waals surface area contributed by atoms with E-state index < -0.39 is 6.10 Å². The quantitative estimate of drug-likeness (QED) is 0.909. The van der Waals surface area contributed by atoms with E-state index >= 15 is 0 Å². The van der Waals surface area contributed by atoms with Crippen molar-refractivity contribution in [1.82, 2.24) is 5.32 Å². The molecule has 0 spiro atoms. The lowest BCUT2D eigenvalue weighted by atomic mass is 9.89. The number of benzene rings is 2. The van der Waals surface area contributed by atoms with Gasteiger partial charge in [-0.25, -0.2) is 0 Å². The van der Waals surface area contributed by atoms with Crippen molar-refractivity contribution in [1.29, 1.82) is 0 Å². The van der Waals surface area contributed by atoms with Crippen LogP contribution in [0.4, 0.5) is 0 Å². The average Bonchev–Trinajstić information content (AvgIpc) is 3.02. The molecule has 3 nitrogen and oxygen atoms in total. The van der Waals surface area contributed by atoms with E-state index in [9.17, 15) is 9.90 Å². The molecule has 3 heteroatoms. The molecular formula is C21H23NO2. The highest BCUT2D eigenvalue weighted by Gasteiger charge is 2.23. The monoisotopic (exact) mass is 321 g/mol. The Hall–Kier alpha value is -1.97. The number of carbonyl (C=O) groups excluding carboxylic acids is 1. The number of aryl methyl sites for hydroxylation is 1. The molecule has 0 saturated carbocycles. The van der Waals surface area contributed by atoms with E-state index in [2.05, 4.69) is 23.5 Å². The zero-order chi connectivity index (χ0) is 16.5. The van der Waals surface area contributed by atoms with Gasteiger partial charge in [0.15, 0.2) is 5.78 Å². The molecule has 4 rings (SSSR count). The average molecular weight is 321 g/mol. The maximum Gasteiger partial charge on any atom is 0.163 e. The largest absolute Gasteiger partial charge is 0.388 e. The molecule has 24 heavy (non-hydrogen) atoms. The van der Waals surface area contributed by atoms with E-state index in [1.807, 2.05) is 24.3 Å². The minimum Gasteiger partial charge on any atom is -0.388 e. The van der Waals surface area contributed by atoms with Crippen LogP contribution in [-0.4, -0.2) is 24.0 Å². The highest BCUT2D eigenvalue weighted by atomic mass is 16.3. The van der Waals surface area contributed by atoms with Crippen molar-refractivity contribution in [3.8, 4) is 11.1 Å². The number of Topliss-reactive ketones (excluding diaryl/α,β-unsaturated/α-hetero) is 1. The first kappa shape index (κ1) is 15.6. The second kappa shape index (κ2) is 6.50. The van der Waals surface area contributed by atoms with Crippen LogP contribution in [0.5, 0.6) is 0 Å². The van der Waals surface area contributed by atoms with Gasteiger partial charge in [0.25, 0.3) is 0 Å². The number of ketones is 1. The molecule has 1 aliphatic carbocycles. The normalized spacial score (nSPS) is 21.5. The van der Waals surface area contributed by atoms with Gasteiger partial charge in [-0.15, -0.1) is 0 Å². The topological polar surface area (TPSA) is 49.3 Å². The lowest BCUT2D eigenvalue weighted by Crippen LogP contribution is -2.33. The van der Waals surface area contributed by atoms with Crippen LogP contribution in [0.1, 0.15) is 46.9 Å². The third-order valence-electron chi connectivity index (χ3n) is 5.39. The smallest absolute Gasteiger partial charge is 0.163 e. The first-order valence-corrected chi connectivity index (χ1v) is 8.87. The van der Waals surface area contributed by atoms with Crippen LogP contribution in [-0.2, 0) is 6.42 Å². The van der Waals surface area contributed by atoms with Gasteiger partial charge < -0.3 is 10.4 Å². The summed E-state index contributed by atoms with van der Waals surface area (Å²) in [7, 11) is 0. The Labute approximate surface area is 142 Å². The fourth-order valence-electron chi connectivity index (χ4n) is 3.93. The van der Waals surface area contributed by atoms with Crippen molar-refractivity contribution in [2.45, 2.75) is 31.8 Å². The van der Waals surface area contributed by atoms with E-state index in [0.717, 1.165) is 60.2 Å². The lowest BCUT2D eigenvalue weighted by molar-refractivity contribution is 0.0922. The molecule has 2 unspecified atom stereocenters. The second-order valence-electron chi connectivity index (χ2n) is 6.97. The van der Waals surface area contributed by atoms with Crippen molar-refractivity contribution < 1.29 is 9.90 Å². The lowest BCUT2D eigenvalue weighted by Gasteiger charge is -2.27. The molecule has 2 N–H and O–H groups in total. The summed E-state index contributed by atoms with van der Waals surface area (Å²) >= 11 is 0. The van der Waals surface area contributed by atoms with Crippen LogP contribution < -0.4 is 5.32 Å². The number of aliphatic hydroxyl groups excluding tert-OH is 1. The van der Waals surface area contributed by atoms with Crippen LogP contribution in [0, 0.1) is 5.92 Å². The van der Waals surface area contributed by atoms with Gasteiger partial charge in [-0.05, 0) is 48.1 Å². The van der Waals surface area contributed by atoms with Crippen LogP contribution >= 0.6 is 0 Å². The molecule has 1 heterocycles. The minimum atomic E-state index is -0.399.